The number of ether oxygens (including phenoxy) is 1. The summed E-state index contributed by atoms with van der Waals surface area (Å²) >= 11 is 6.15. The lowest BCUT2D eigenvalue weighted by Gasteiger charge is -2.09. The Morgan fingerprint density at radius 1 is 1.12 bits per heavy atom. The third-order valence-corrected chi connectivity index (χ3v) is 4.22. The van der Waals surface area contributed by atoms with Crippen molar-refractivity contribution in [3.05, 3.63) is 82.8 Å². The van der Waals surface area contributed by atoms with E-state index in [4.69, 9.17) is 16.3 Å². The zero-order chi connectivity index (χ0) is 23.1. The molecule has 1 aromatic heterocycles. The first kappa shape index (κ1) is 23.0. The predicted octanol–water partition coefficient (Wildman–Crippen LogP) is 5.36. The molecule has 0 aliphatic rings. The first-order chi connectivity index (χ1) is 15.2. The fourth-order valence-electron chi connectivity index (χ4n) is 2.39. The summed E-state index contributed by atoms with van der Waals surface area (Å²) in [6.45, 7) is -0.314. The van der Waals surface area contributed by atoms with E-state index in [1.807, 2.05) is 0 Å². The third kappa shape index (κ3) is 6.67. The van der Waals surface area contributed by atoms with E-state index in [1.165, 1.54) is 42.6 Å². The van der Waals surface area contributed by atoms with Crippen molar-refractivity contribution < 1.29 is 27.1 Å². The molecule has 0 aliphatic carbocycles. The lowest BCUT2D eigenvalue weighted by molar-refractivity contribution is -0.137. The maximum Gasteiger partial charge on any atom is 0.417 e. The van der Waals surface area contributed by atoms with E-state index in [-0.39, 0.29) is 23.2 Å². The summed E-state index contributed by atoms with van der Waals surface area (Å²) in [7, 11) is 0. The Kier molecular flexibility index (Phi) is 7.26. The molecule has 2 N–H and O–H groups in total. The first-order valence-corrected chi connectivity index (χ1v) is 9.38. The molecule has 0 unspecified atom stereocenters. The Hall–Kier alpha value is -3.66. The van der Waals surface area contributed by atoms with Gasteiger partial charge in [-0.25, -0.2) is 9.37 Å². The minimum atomic E-state index is -4.46. The zero-order valence-electron chi connectivity index (χ0n) is 16.2. The van der Waals surface area contributed by atoms with Crippen LogP contribution in [-0.2, 0) is 11.0 Å². The molecular weight excluding hydrogens is 452 g/mol. The van der Waals surface area contributed by atoms with Crippen molar-refractivity contribution in [1.82, 2.24) is 4.98 Å². The van der Waals surface area contributed by atoms with Gasteiger partial charge in [-0.2, -0.15) is 18.3 Å². The molecule has 0 aliphatic heterocycles. The van der Waals surface area contributed by atoms with Gasteiger partial charge in [-0.1, -0.05) is 11.6 Å². The standard InChI is InChI=1S/C21H15ClF4N4O2/c22-17-9-13(10-28-30-19-8-2-14(11-27-19)21(24,25)26)1-7-18(17)32-12-20(31)29-16-5-3-15(23)4-6-16/h1-11H,12H2,(H,27,30)(H,29,31)/b28-10-. The van der Waals surface area contributed by atoms with E-state index in [0.29, 0.717) is 17.4 Å². The monoisotopic (exact) mass is 466 g/mol. The molecule has 3 aromatic rings. The van der Waals surface area contributed by atoms with Crippen LogP contribution in [-0.4, -0.2) is 23.7 Å². The highest BCUT2D eigenvalue weighted by molar-refractivity contribution is 6.32. The molecule has 0 spiro atoms. The Labute approximate surface area is 184 Å². The van der Waals surface area contributed by atoms with Gasteiger partial charge in [-0.05, 0) is 60.2 Å². The fourth-order valence-corrected chi connectivity index (χ4v) is 2.63. The molecule has 6 nitrogen and oxygen atoms in total. The van der Waals surface area contributed by atoms with Gasteiger partial charge in [0.05, 0.1) is 16.8 Å². The predicted molar refractivity (Wildman–Crippen MR) is 112 cm³/mol. The van der Waals surface area contributed by atoms with Crippen LogP contribution >= 0.6 is 11.6 Å². The maximum atomic E-state index is 12.9. The van der Waals surface area contributed by atoms with Crippen LogP contribution in [0.5, 0.6) is 5.75 Å². The second-order valence-corrected chi connectivity index (χ2v) is 6.74. The number of alkyl halides is 3. The summed E-state index contributed by atoms with van der Waals surface area (Å²) in [6.07, 6.45) is -2.37. The molecule has 3 rings (SSSR count). The van der Waals surface area contributed by atoms with Crippen molar-refractivity contribution in [1.29, 1.82) is 0 Å². The van der Waals surface area contributed by atoms with Gasteiger partial charge >= 0.3 is 6.18 Å². The summed E-state index contributed by atoms with van der Waals surface area (Å²) in [4.78, 5) is 15.6. The highest BCUT2D eigenvalue weighted by Gasteiger charge is 2.30. The van der Waals surface area contributed by atoms with Gasteiger partial charge in [-0.15, -0.1) is 0 Å². The van der Waals surface area contributed by atoms with Crippen molar-refractivity contribution in [2.75, 3.05) is 17.3 Å². The van der Waals surface area contributed by atoms with Crippen molar-refractivity contribution >= 4 is 35.2 Å². The Morgan fingerprint density at radius 2 is 1.88 bits per heavy atom. The van der Waals surface area contributed by atoms with Crippen LogP contribution in [0.15, 0.2) is 65.9 Å². The molecule has 0 bridgehead atoms. The molecule has 0 fully saturated rings. The van der Waals surface area contributed by atoms with Crippen molar-refractivity contribution in [2.24, 2.45) is 5.10 Å². The molecule has 11 heteroatoms. The largest absolute Gasteiger partial charge is 0.482 e. The van der Waals surface area contributed by atoms with Crippen LogP contribution in [0.2, 0.25) is 5.02 Å². The second kappa shape index (κ2) is 10.1. The number of hydrazone groups is 1. The van der Waals surface area contributed by atoms with Crippen molar-refractivity contribution in [3.8, 4) is 5.75 Å². The van der Waals surface area contributed by atoms with E-state index in [1.54, 1.807) is 6.07 Å². The maximum absolute atomic E-state index is 12.9. The molecule has 32 heavy (non-hydrogen) atoms. The summed E-state index contributed by atoms with van der Waals surface area (Å²) in [5.74, 6) is -0.477. The van der Waals surface area contributed by atoms with E-state index in [9.17, 15) is 22.4 Å². The number of carbonyl (C=O) groups excluding carboxylic acids is 1. The van der Waals surface area contributed by atoms with Gasteiger partial charge in [-0.3, -0.25) is 10.2 Å². The summed E-state index contributed by atoms with van der Waals surface area (Å²) in [5.41, 5.74) is 2.64. The van der Waals surface area contributed by atoms with Crippen LogP contribution in [0.1, 0.15) is 11.1 Å². The smallest absolute Gasteiger partial charge is 0.417 e. The number of aromatic nitrogens is 1. The Bertz CT molecular complexity index is 1100. The van der Waals surface area contributed by atoms with Gasteiger partial charge in [0.2, 0.25) is 0 Å². The number of benzene rings is 2. The number of amides is 1. The molecule has 166 valence electrons. The first-order valence-electron chi connectivity index (χ1n) is 9.01. The Balaban J connectivity index is 1.52. The molecule has 0 saturated heterocycles. The number of nitrogens with zero attached hydrogens (tertiary/aromatic N) is 2. The second-order valence-electron chi connectivity index (χ2n) is 6.33. The molecule has 0 atom stereocenters. The molecule has 1 heterocycles. The van der Waals surface area contributed by atoms with Crippen molar-refractivity contribution in [3.63, 3.8) is 0 Å². The number of halogens is 5. The third-order valence-electron chi connectivity index (χ3n) is 3.93. The van der Waals surface area contributed by atoms with E-state index in [0.717, 1.165) is 12.1 Å². The zero-order valence-corrected chi connectivity index (χ0v) is 16.9. The van der Waals surface area contributed by atoms with Crippen LogP contribution in [0.4, 0.5) is 29.1 Å². The van der Waals surface area contributed by atoms with Gasteiger partial charge in [0, 0.05) is 11.9 Å². The molecule has 0 saturated carbocycles. The van der Waals surface area contributed by atoms with E-state index in [2.05, 4.69) is 20.8 Å². The summed E-state index contributed by atoms with van der Waals surface area (Å²) in [6, 6.07) is 12.0. The van der Waals surface area contributed by atoms with E-state index < -0.39 is 23.5 Å². The highest BCUT2D eigenvalue weighted by Crippen LogP contribution is 2.29. The normalized spacial score (nSPS) is 11.4. The average molecular weight is 467 g/mol. The lowest BCUT2D eigenvalue weighted by Crippen LogP contribution is -2.20. The van der Waals surface area contributed by atoms with Gasteiger partial charge in [0.1, 0.15) is 17.4 Å². The average Bonchev–Trinajstić information content (AvgIpc) is 2.74. The summed E-state index contributed by atoms with van der Waals surface area (Å²) < 4.78 is 55.8. The minimum absolute atomic E-state index is 0.132. The van der Waals surface area contributed by atoms with Gasteiger partial charge in [0.25, 0.3) is 5.91 Å². The SMILES string of the molecule is O=C(COc1ccc(/C=N\Nc2ccc(C(F)(F)F)cn2)cc1Cl)Nc1ccc(F)cc1. The molecule has 2 aromatic carbocycles. The number of hydrogen-bond acceptors (Lipinski definition) is 5. The summed E-state index contributed by atoms with van der Waals surface area (Å²) in [5, 5.41) is 6.67. The quantitative estimate of drug-likeness (QED) is 0.279. The molecular formula is C21H15ClF4N4O2. The van der Waals surface area contributed by atoms with Gasteiger partial charge < -0.3 is 10.1 Å². The van der Waals surface area contributed by atoms with Crippen LogP contribution in [0.3, 0.4) is 0 Å². The topological polar surface area (TPSA) is 75.6 Å². The van der Waals surface area contributed by atoms with Crippen LogP contribution in [0.25, 0.3) is 0 Å². The number of carbonyl (C=O) groups is 1. The molecule has 1 amide bonds. The number of hydrogen-bond donors (Lipinski definition) is 2. The number of pyridine rings is 1. The van der Waals surface area contributed by atoms with Gasteiger partial charge in [0.15, 0.2) is 6.61 Å². The molecule has 0 radical (unpaired) electrons. The Morgan fingerprint density at radius 3 is 2.50 bits per heavy atom. The number of nitrogens with one attached hydrogen (secondary N) is 2. The van der Waals surface area contributed by atoms with E-state index >= 15 is 0 Å². The van der Waals surface area contributed by atoms with Crippen molar-refractivity contribution in [2.45, 2.75) is 6.18 Å². The van der Waals surface area contributed by atoms with Crippen LogP contribution < -0.4 is 15.5 Å². The number of anilines is 2. The number of rotatable bonds is 7. The fraction of sp³-hybridized carbons (Fsp3) is 0.0952. The van der Waals surface area contributed by atoms with Crippen LogP contribution in [0, 0.1) is 5.82 Å². The minimum Gasteiger partial charge on any atom is -0.482 e. The lowest BCUT2D eigenvalue weighted by atomic mass is 10.2. The highest BCUT2D eigenvalue weighted by atomic mass is 35.5.